The van der Waals surface area contributed by atoms with Gasteiger partial charge in [0.1, 0.15) is 0 Å². The standard InChI is InChI=1S/C17H22N2O4S/c1-2-14(16(21)18-12-13-6-4-3-5-7-13)23-15(20)8-9-19-10-11-24-17(19)22/h3-7,14H,2,8-12H2,1H3,(H,18,21)/t14-/m0/s1. The van der Waals surface area contributed by atoms with Crippen molar-refractivity contribution in [1.29, 1.82) is 0 Å². The summed E-state index contributed by atoms with van der Waals surface area (Å²) in [6.07, 6.45) is -0.288. The zero-order chi connectivity index (χ0) is 17.4. The fourth-order valence-corrected chi connectivity index (χ4v) is 3.15. The molecule has 24 heavy (non-hydrogen) atoms. The van der Waals surface area contributed by atoms with Crippen molar-refractivity contribution in [2.75, 3.05) is 18.8 Å². The molecule has 0 spiro atoms. The molecule has 1 N–H and O–H groups in total. The van der Waals surface area contributed by atoms with Crippen LogP contribution in [0, 0.1) is 0 Å². The lowest BCUT2D eigenvalue weighted by Gasteiger charge is -2.18. The number of carbonyl (C=O) groups excluding carboxylic acids is 3. The van der Waals surface area contributed by atoms with E-state index in [0.717, 1.165) is 11.3 Å². The lowest BCUT2D eigenvalue weighted by molar-refractivity contribution is -0.156. The predicted octanol–water partition coefficient (Wildman–Crippen LogP) is 2.18. The molecule has 2 rings (SSSR count). The van der Waals surface area contributed by atoms with Gasteiger partial charge in [-0.15, -0.1) is 0 Å². The molecule has 1 aromatic carbocycles. The van der Waals surface area contributed by atoms with E-state index in [1.807, 2.05) is 30.3 Å². The highest BCUT2D eigenvalue weighted by Crippen LogP contribution is 2.17. The Bertz CT molecular complexity index is 579. The van der Waals surface area contributed by atoms with E-state index in [1.165, 1.54) is 11.8 Å². The van der Waals surface area contributed by atoms with Crippen LogP contribution in [-0.2, 0) is 20.9 Å². The van der Waals surface area contributed by atoms with Gasteiger partial charge in [-0.2, -0.15) is 0 Å². The Morgan fingerprint density at radius 1 is 1.33 bits per heavy atom. The van der Waals surface area contributed by atoms with Crippen LogP contribution in [0.15, 0.2) is 30.3 Å². The molecule has 0 saturated carbocycles. The number of ether oxygens (including phenoxy) is 1. The van der Waals surface area contributed by atoms with Crippen molar-refractivity contribution in [2.24, 2.45) is 0 Å². The third-order valence-electron chi connectivity index (χ3n) is 3.68. The molecule has 1 heterocycles. The molecule has 0 unspecified atom stereocenters. The molecule has 0 aromatic heterocycles. The summed E-state index contributed by atoms with van der Waals surface area (Å²) in [5, 5.41) is 2.77. The van der Waals surface area contributed by atoms with E-state index in [-0.39, 0.29) is 17.6 Å². The second-order valence-electron chi connectivity index (χ2n) is 5.44. The third kappa shape index (κ3) is 5.56. The minimum atomic E-state index is -0.801. The summed E-state index contributed by atoms with van der Waals surface area (Å²) < 4.78 is 5.25. The van der Waals surface area contributed by atoms with Crippen LogP contribution in [0.5, 0.6) is 0 Å². The van der Waals surface area contributed by atoms with Gasteiger partial charge in [-0.3, -0.25) is 14.4 Å². The number of thioether (sulfide) groups is 1. The van der Waals surface area contributed by atoms with Gasteiger partial charge in [-0.1, -0.05) is 49.0 Å². The Morgan fingerprint density at radius 2 is 2.08 bits per heavy atom. The van der Waals surface area contributed by atoms with E-state index in [2.05, 4.69) is 5.32 Å². The molecule has 1 aromatic rings. The van der Waals surface area contributed by atoms with Gasteiger partial charge in [0.05, 0.1) is 6.42 Å². The molecular formula is C17H22N2O4S. The zero-order valence-electron chi connectivity index (χ0n) is 13.7. The Labute approximate surface area is 145 Å². The minimum absolute atomic E-state index is 0.00422. The molecule has 1 aliphatic heterocycles. The summed E-state index contributed by atoms with van der Waals surface area (Å²) in [7, 11) is 0. The number of esters is 1. The summed E-state index contributed by atoms with van der Waals surface area (Å²) in [4.78, 5) is 37.1. The van der Waals surface area contributed by atoms with Gasteiger partial charge in [0, 0.05) is 25.4 Å². The van der Waals surface area contributed by atoms with Crippen molar-refractivity contribution in [3.63, 3.8) is 0 Å². The number of amides is 2. The van der Waals surface area contributed by atoms with Crippen molar-refractivity contribution >= 4 is 28.9 Å². The van der Waals surface area contributed by atoms with Crippen LogP contribution in [0.25, 0.3) is 0 Å². The van der Waals surface area contributed by atoms with Crippen molar-refractivity contribution in [3.05, 3.63) is 35.9 Å². The quantitative estimate of drug-likeness (QED) is 0.727. The highest BCUT2D eigenvalue weighted by atomic mass is 32.2. The monoisotopic (exact) mass is 350 g/mol. The van der Waals surface area contributed by atoms with Gasteiger partial charge >= 0.3 is 5.97 Å². The molecule has 130 valence electrons. The first kappa shape index (κ1) is 18.3. The number of rotatable bonds is 8. The van der Waals surface area contributed by atoms with Crippen molar-refractivity contribution in [1.82, 2.24) is 10.2 Å². The average molecular weight is 350 g/mol. The SMILES string of the molecule is CC[C@H](OC(=O)CCN1CCSC1=O)C(=O)NCc1ccccc1. The van der Waals surface area contributed by atoms with Gasteiger partial charge in [0.25, 0.3) is 11.1 Å². The molecule has 1 fully saturated rings. The van der Waals surface area contributed by atoms with Crippen LogP contribution in [0.4, 0.5) is 4.79 Å². The van der Waals surface area contributed by atoms with Crippen LogP contribution < -0.4 is 5.32 Å². The fourth-order valence-electron chi connectivity index (χ4n) is 2.29. The molecule has 6 nitrogen and oxygen atoms in total. The Morgan fingerprint density at radius 3 is 2.71 bits per heavy atom. The van der Waals surface area contributed by atoms with E-state index >= 15 is 0 Å². The first-order chi connectivity index (χ1) is 11.6. The fraction of sp³-hybridized carbons (Fsp3) is 0.471. The van der Waals surface area contributed by atoms with Crippen LogP contribution in [0.3, 0.4) is 0 Å². The second kappa shape index (κ2) is 9.32. The maximum Gasteiger partial charge on any atom is 0.308 e. The number of hydrogen-bond donors (Lipinski definition) is 1. The van der Waals surface area contributed by atoms with Gasteiger partial charge in [0.2, 0.25) is 0 Å². The summed E-state index contributed by atoms with van der Waals surface area (Å²) in [6, 6.07) is 9.54. The van der Waals surface area contributed by atoms with Crippen LogP contribution in [0.2, 0.25) is 0 Å². The molecule has 1 atom stereocenters. The van der Waals surface area contributed by atoms with Crippen molar-refractivity contribution < 1.29 is 19.1 Å². The minimum Gasteiger partial charge on any atom is -0.452 e. The van der Waals surface area contributed by atoms with Crippen LogP contribution in [0.1, 0.15) is 25.3 Å². The number of nitrogens with zero attached hydrogens (tertiary/aromatic N) is 1. The first-order valence-electron chi connectivity index (χ1n) is 8.03. The first-order valence-corrected chi connectivity index (χ1v) is 9.01. The zero-order valence-corrected chi connectivity index (χ0v) is 14.5. The van der Waals surface area contributed by atoms with Gasteiger partial charge < -0.3 is 15.0 Å². The smallest absolute Gasteiger partial charge is 0.308 e. The van der Waals surface area contributed by atoms with Gasteiger partial charge in [0.15, 0.2) is 6.10 Å². The Balaban J connectivity index is 1.74. The van der Waals surface area contributed by atoms with Gasteiger partial charge in [-0.05, 0) is 12.0 Å². The lowest BCUT2D eigenvalue weighted by Crippen LogP contribution is -2.37. The number of hydrogen-bond acceptors (Lipinski definition) is 5. The maximum atomic E-state index is 12.1. The van der Waals surface area contributed by atoms with E-state index in [9.17, 15) is 14.4 Å². The summed E-state index contributed by atoms with van der Waals surface area (Å²) >= 11 is 1.26. The highest BCUT2D eigenvalue weighted by molar-refractivity contribution is 8.13. The number of nitrogens with one attached hydrogen (secondary N) is 1. The largest absolute Gasteiger partial charge is 0.452 e. The Hall–Kier alpha value is -2.02. The predicted molar refractivity (Wildman–Crippen MR) is 92.5 cm³/mol. The van der Waals surface area contributed by atoms with Crippen LogP contribution >= 0.6 is 11.8 Å². The van der Waals surface area contributed by atoms with Crippen LogP contribution in [-0.4, -0.2) is 47.0 Å². The normalized spacial score (nSPS) is 15.2. The molecule has 1 saturated heterocycles. The third-order valence-corrected chi connectivity index (χ3v) is 4.57. The number of benzene rings is 1. The number of carbonyl (C=O) groups is 3. The lowest BCUT2D eigenvalue weighted by atomic mass is 10.2. The highest BCUT2D eigenvalue weighted by Gasteiger charge is 2.24. The Kier molecular flexibility index (Phi) is 7.11. The van der Waals surface area contributed by atoms with E-state index in [0.29, 0.717) is 26.1 Å². The second-order valence-corrected chi connectivity index (χ2v) is 6.49. The molecule has 0 aliphatic carbocycles. The summed E-state index contributed by atoms with van der Waals surface area (Å²) in [6.45, 7) is 3.19. The molecular weight excluding hydrogens is 328 g/mol. The topological polar surface area (TPSA) is 75.7 Å². The molecule has 0 radical (unpaired) electrons. The molecule has 0 bridgehead atoms. The maximum absolute atomic E-state index is 12.1. The van der Waals surface area contributed by atoms with E-state index in [1.54, 1.807) is 11.8 Å². The van der Waals surface area contributed by atoms with Crippen molar-refractivity contribution in [3.8, 4) is 0 Å². The van der Waals surface area contributed by atoms with E-state index in [4.69, 9.17) is 4.74 Å². The summed E-state index contributed by atoms with van der Waals surface area (Å²) in [5.41, 5.74) is 0.983. The summed E-state index contributed by atoms with van der Waals surface area (Å²) in [5.74, 6) is -0.00296. The molecule has 2 amide bonds. The molecule has 1 aliphatic rings. The van der Waals surface area contributed by atoms with E-state index < -0.39 is 12.1 Å². The van der Waals surface area contributed by atoms with Crippen molar-refractivity contribution in [2.45, 2.75) is 32.4 Å². The molecule has 7 heteroatoms. The van der Waals surface area contributed by atoms with Gasteiger partial charge in [-0.25, -0.2) is 0 Å². The average Bonchev–Trinajstić information content (AvgIpc) is 3.01.